The molecule has 2 N–H and O–H groups in total. The summed E-state index contributed by atoms with van der Waals surface area (Å²) >= 11 is 3.39. The number of likely N-dealkylation sites (tertiary alicyclic amines) is 1. The van der Waals surface area contributed by atoms with Gasteiger partial charge in [-0.05, 0) is 35.2 Å². The fraction of sp³-hybridized carbons (Fsp3) is 0.615. The normalized spacial score (nSPS) is 14.4. The van der Waals surface area contributed by atoms with Gasteiger partial charge in [-0.1, -0.05) is 6.92 Å². The van der Waals surface area contributed by atoms with Gasteiger partial charge >= 0.3 is 0 Å². The van der Waals surface area contributed by atoms with Crippen LogP contribution in [0.5, 0.6) is 0 Å². The summed E-state index contributed by atoms with van der Waals surface area (Å²) in [5.41, 5.74) is 0. The lowest BCUT2D eigenvalue weighted by Crippen LogP contribution is -2.33. The fourth-order valence-electron chi connectivity index (χ4n) is 2.05. The number of rotatable bonds is 6. The molecule has 1 aliphatic rings. The van der Waals surface area contributed by atoms with Gasteiger partial charge in [-0.3, -0.25) is 4.79 Å². The maximum atomic E-state index is 12.0. The molecule has 0 aliphatic carbocycles. The molecule has 0 bridgehead atoms. The summed E-state index contributed by atoms with van der Waals surface area (Å²) < 4.78 is 0.758. The first-order valence-electron chi connectivity index (χ1n) is 6.98. The number of nitrogens with zero attached hydrogens (tertiary/aromatic N) is 3. The standard InChI is InChI=1S/C13H20BrN5O/c1-2-5-15-13-17-8-10(14)12(18-13)16-9-11(20)19-6-3-4-7-19/h8H,2-7,9H2,1H3,(H2,15,16,17,18). The van der Waals surface area contributed by atoms with E-state index in [0.29, 0.717) is 11.8 Å². The minimum Gasteiger partial charge on any atom is -0.360 e. The van der Waals surface area contributed by atoms with Crippen LogP contribution in [0.1, 0.15) is 26.2 Å². The molecule has 0 unspecified atom stereocenters. The lowest BCUT2D eigenvalue weighted by molar-refractivity contribution is -0.128. The van der Waals surface area contributed by atoms with E-state index in [0.717, 1.165) is 43.4 Å². The van der Waals surface area contributed by atoms with Crippen molar-refractivity contribution in [2.75, 3.05) is 36.8 Å². The average Bonchev–Trinajstić information content (AvgIpc) is 2.99. The third kappa shape index (κ3) is 4.06. The van der Waals surface area contributed by atoms with Gasteiger partial charge in [0.25, 0.3) is 0 Å². The summed E-state index contributed by atoms with van der Waals surface area (Å²) in [6.07, 6.45) is 4.91. The van der Waals surface area contributed by atoms with Crippen LogP contribution in [0.4, 0.5) is 11.8 Å². The Bertz CT molecular complexity index is 462. The van der Waals surface area contributed by atoms with Crippen LogP contribution in [0.25, 0.3) is 0 Å². The van der Waals surface area contributed by atoms with E-state index in [-0.39, 0.29) is 12.5 Å². The predicted octanol–water partition coefficient (Wildman–Crippen LogP) is 2.10. The van der Waals surface area contributed by atoms with E-state index in [2.05, 4.69) is 43.5 Å². The van der Waals surface area contributed by atoms with Crippen molar-refractivity contribution < 1.29 is 4.79 Å². The average molecular weight is 342 g/mol. The number of halogens is 1. The molecule has 1 amide bonds. The molecule has 1 aromatic heterocycles. The molecule has 1 fully saturated rings. The summed E-state index contributed by atoms with van der Waals surface area (Å²) in [4.78, 5) is 22.4. The van der Waals surface area contributed by atoms with E-state index in [9.17, 15) is 4.79 Å². The van der Waals surface area contributed by atoms with Crippen molar-refractivity contribution in [1.82, 2.24) is 14.9 Å². The second-order valence-corrected chi connectivity index (χ2v) is 5.61. The topological polar surface area (TPSA) is 70.2 Å². The molecule has 1 aliphatic heterocycles. The second-order valence-electron chi connectivity index (χ2n) is 4.76. The van der Waals surface area contributed by atoms with Crippen molar-refractivity contribution in [3.63, 3.8) is 0 Å². The van der Waals surface area contributed by atoms with Crippen LogP contribution in [0, 0.1) is 0 Å². The van der Waals surface area contributed by atoms with Gasteiger partial charge < -0.3 is 15.5 Å². The van der Waals surface area contributed by atoms with E-state index >= 15 is 0 Å². The van der Waals surface area contributed by atoms with Gasteiger partial charge in [0.15, 0.2) is 0 Å². The van der Waals surface area contributed by atoms with Crippen molar-refractivity contribution in [2.24, 2.45) is 0 Å². The molecule has 2 heterocycles. The van der Waals surface area contributed by atoms with Crippen LogP contribution in [0.15, 0.2) is 10.7 Å². The molecule has 0 atom stereocenters. The molecule has 110 valence electrons. The SMILES string of the molecule is CCCNc1ncc(Br)c(NCC(=O)N2CCCC2)n1. The highest BCUT2D eigenvalue weighted by atomic mass is 79.9. The summed E-state index contributed by atoms with van der Waals surface area (Å²) in [6, 6.07) is 0. The third-order valence-corrected chi connectivity index (χ3v) is 3.72. The van der Waals surface area contributed by atoms with Crippen LogP contribution in [0.3, 0.4) is 0 Å². The number of anilines is 2. The molecule has 2 rings (SSSR count). The Kier molecular flexibility index (Phi) is 5.58. The molecule has 0 aromatic carbocycles. The molecule has 1 saturated heterocycles. The van der Waals surface area contributed by atoms with Crippen molar-refractivity contribution >= 4 is 33.6 Å². The van der Waals surface area contributed by atoms with E-state index in [1.165, 1.54) is 0 Å². The zero-order valence-electron chi connectivity index (χ0n) is 11.7. The van der Waals surface area contributed by atoms with Crippen LogP contribution < -0.4 is 10.6 Å². The minimum absolute atomic E-state index is 0.121. The highest BCUT2D eigenvalue weighted by Gasteiger charge is 2.17. The highest BCUT2D eigenvalue weighted by molar-refractivity contribution is 9.10. The van der Waals surface area contributed by atoms with Crippen molar-refractivity contribution in [3.05, 3.63) is 10.7 Å². The number of nitrogens with one attached hydrogen (secondary N) is 2. The van der Waals surface area contributed by atoms with E-state index in [1.807, 2.05) is 4.90 Å². The van der Waals surface area contributed by atoms with Crippen molar-refractivity contribution in [2.45, 2.75) is 26.2 Å². The first-order chi connectivity index (χ1) is 9.70. The number of amides is 1. The van der Waals surface area contributed by atoms with Gasteiger partial charge in [-0.15, -0.1) is 0 Å². The zero-order chi connectivity index (χ0) is 14.4. The number of hydrogen-bond donors (Lipinski definition) is 2. The Labute approximate surface area is 127 Å². The fourth-order valence-corrected chi connectivity index (χ4v) is 2.38. The molecule has 0 radical (unpaired) electrons. The summed E-state index contributed by atoms with van der Waals surface area (Å²) in [5, 5.41) is 6.20. The second kappa shape index (κ2) is 7.42. The lowest BCUT2D eigenvalue weighted by Gasteiger charge is -2.16. The Morgan fingerprint density at radius 2 is 2.15 bits per heavy atom. The first-order valence-corrected chi connectivity index (χ1v) is 7.78. The van der Waals surface area contributed by atoms with Gasteiger partial charge in [-0.2, -0.15) is 4.98 Å². The number of carbonyl (C=O) groups excluding carboxylic acids is 1. The Morgan fingerprint density at radius 1 is 1.40 bits per heavy atom. The molecule has 6 nitrogen and oxygen atoms in total. The van der Waals surface area contributed by atoms with Gasteiger partial charge in [0, 0.05) is 25.8 Å². The molecular formula is C13H20BrN5O. The number of aromatic nitrogens is 2. The molecule has 0 saturated carbocycles. The third-order valence-electron chi connectivity index (χ3n) is 3.14. The number of hydrogen-bond acceptors (Lipinski definition) is 5. The predicted molar refractivity (Wildman–Crippen MR) is 82.8 cm³/mol. The largest absolute Gasteiger partial charge is 0.360 e. The monoisotopic (exact) mass is 341 g/mol. The number of carbonyl (C=O) groups is 1. The van der Waals surface area contributed by atoms with Gasteiger partial charge in [0.05, 0.1) is 11.0 Å². The van der Waals surface area contributed by atoms with Gasteiger partial charge in [-0.25, -0.2) is 4.98 Å². The van der Waals surface area contributed by atoms with Crippen LogP contribution >= 0.6 is 15.9 Å². The summed E-state index contributed by atoms with van der Waals surface area (Å²) in [7, 11) is 0. The lowest BCUT2D eigenvalue weighted by atomic mass is 10.4. The maximum Gasteiger partial charge on any atom is 0.241 e. The Balaban J connectivity index is 1.92. The molecule has 7 heteroatoms. The molecule has 0 spiro atoms. The van der Waals surface area contributed by atoms with Gasteiger partial charge in [0.2, 0.25) is 11.9 Å². The summed E-state index contributed by atoms with van der Waals surface area (Å²) in [5.74, 6) is 1.34. The van der Waals surface area contributed by atoms with Crippen LogP contribution in [-0.2, 0) is 4.79 Å². The van der Waals surface area contributed by atoms with E-state index in [4.69, 9.17) is 0 Å². The molecule has 1 aromatic rings. The van der Waals surface area contributed by atoms with Crippen molar-refractivity contribution in [3.8, 4) is 0 Å². The first kappa shape index (κ1) is 15.0. The van der Waals surface area contributed by atoms with E-state index < -0.39 is 0 Å². The van der Waals surface area contributed by atoms with Crippen LogP contribution in [-0.4, -0.2) is 47.0 Å². The van der Waals surface area contributed by atoms with E-state index in [1.54, 1.807) is 6.20 Å². The van der Waals surface area contributed by atoms with Crippen LogP contribution in [0.2, 0.25) is 0 Å². The minimum atomic E-state index is 0.121. The summed E-state index contributed by atoms with van der Waals surface area (Å²) in [6.45, 7) is 4.92. The molecular weight excluding hydrogens is 322 g/mol. The zero-order valence-corrected chi connectivity index (χ0v) is 13.2. The smallest absolute Gasteiger partial charge is 0.241 e. The quantitative estimate of drug-likeness (QED) is 0.829. The Morgan fingerprint density at radius 3 is 2.85 bits per heavy atom. The Hall–Kier alpha value is -1.37. The maximum absolute atomic E-state index is 12.0. The highest BCUT2D eigenvalue weighted by Crippen LogP contribution is 2.20. The van der Waals surface area contributed by atoms with Crippen molar-refractivity contribution in [1.29, 1.82) is 0 Å². The molecule has 20 heavy (non-hydrogen) atoms. The van der Waals surface area contributed by atoms with Gasteiger partial charge in [0.1, 0.15) is 5.82 Å².